The van der Waals surface area contributed by atoms with Crippen molar-refractivity contribution >= 4 is 12.4 Å². The first-order chi connectivity index (χ1) is 9.74. The van der Waals surface area contributed by atoms with Crippen LogP contribution in [0.1, 0.15) is 22.9 Å². The Labute approximate surface area is 131 Å². The van der Waals surface area contributed by atoms with Crippen LogP contribution in [-0.4, -0.2) is 39.3 Å². The van der Waals surface area contributed by atoms with Crippen LogP contribution in [0, 0.1) is 6.92 Å². The highest BCUT2D eigenvalue weighted by Gasteiger charge is 2.24. The van der Waals surface area contributed by atoms with E-state index >= 15 is 0 Å². The van der Waals surface area contributed by atoms with Gasteiger partial charge in [-0.05, 0) is 24.6 Å². The van der Waals surface area contributed by atoms with Crippen LogP contribution in [0.15, 0.2) is 30.7 Å². The highest BCUT2D eigenvalue weighted by atomic mass is 35.5. The van der Waals surface area contributed by atoms with Crippen LogP contribution in [0.5, 0.6) is 0 Å². The number of aryl methyl sites for hydroxylation is 2. The fraction of sp³-hybridized carbons (Fsp3) is 0.467. The quantitative estimate of drug-likeness (QED) is 0.937. The van der Waals surface area contributed by atoms with Crippen LogP contribution in [0.25, 0.3) is 0 Å². The summed E-state index contributed by atoms with van der Waals surface area (Å²) in [4.78, 5) is 6.64. The van der Waals surface area contributed by atoms with Gasteiger partial charge in [-0.15, -0.1) is 12.4 Å². The Kier molecular flexibility index (Phi) is 5.33. The third-order valence-corrected chi connectivity index (χ3v) is 3.93. The van der Waals surface area contributed by atoms with E-state index in [0.29, 0.717) is 6.04 Å². The number of hydrogen-bond acceptors (Lipinski definition) is 4. The lowest BCUT2D eigenvalue weighted by Gasteiger charge is -2.36. The lowest BCUT2D eigenvalue weighted by atomic mass is 10.0. The summed E-state index contributed by atoms with van der Waals surface area (Å²) in [6.45, 7) is 6.12. The van der Waals surface area contributed by atoms with Crippen molar-refractivity contribution in [1.29, 1.82) is 0 Å². The maximum Gasteiger partial charge on any atom is 0.0638 e. The Bertz CT molecular complexity index is 569. The molecule has 1 fully saturated rings. The van der Waals surface area contributed by atoms with Crippen molar-refractivity contribution in [3.05, 3.63) is 47.5 Å². The number of halogens is 1. The first-order valence-electron chi connectivity index (χ1n) is 7.08. The number of rotatable bonds is 3. The molecule has 1 saturated heterocycles. The van der Waals surface area contributed by atoms with Gasteiger partial charge in [0.1, 0.15) is 0 Å². The molecule has 1 aliphatic rings. The largest absolute Gasteiger partial charge is 0.314 e. The van der Waals surface area contributed by atoms with Gasteiger partial charge >= 0.3 is 0 Å². The summed E-state index contributed by atoms with van der Waals surface area (Å²) in [5.74, 6) is 0. The van der Waals surface area contributed by atoms with E-state index in [1.807, 2.05) is 24.1 Å². The second-order valence-electron chi connectivity index (χ2n) is 5.38. The molecule has 0 saturated carbocycles. The number of pyridine rings is 1. The smallest absolute Gasteiger partial charge is 0.0638 e. The predicted octanol–water partition coefficient (Wildman–Crippen LogP) is 1.69. The van der Waals surface area contributed by atoms with Gasteiger partial charge < -0.3 is 5.32 Å². The second-order valence-corrected chi connectivity index (χ2v) is 5.38. The van der Waals surface area contributed by atoms with Crippen molar-refractivity contribution < 1.29 is 0 Å². The summed E-state index contributed by atoms with van der Waals surface area (Å²) < 4.78 is 1.90. The van der Waals surface area contributed by atoms with Gasteiger partial charge in [-0.3, -0.25) is 14.6 Å². The Morgan fingerprint density at radius 3 is 2.76 bits per heavy atom. The third-order valence-electron chi connectivity index (χ3n) is 3.93. The molecule has 0 bridgehead atoms. The highest BCUT2D eigenvalue weighted by molar-refractivity contribution is 5.85. The van der Waals surface area contributed by atoms with E-state index in [0.717, 1.165) is 31.9 Å². The number of nitrogens with one attached hydrogen (secondary N) is 1. The topological polar surface area (TPSA) is 46.0 Å². The van der Waals surface area contributed by atoms with Gasteiger partial charge in [0.25, 0.3) is 0 Å². The molecule has 0 radical (unpaired) electrons. The number of nitrogens with zero attached hydrogens (tertiary/aromatic N) is 4. The van der Waals surface area contributed by atoms with E-state index in [4.69, 9.17) is 0 Å². The van der Waals surface area contributed by atoms with Crippen LogP contribution in [0.3, 0.4) is 0 Å². The molecule has 0 aliphatic carbocycles. The molecule has 1 N–H and O–H groups in total. The molecule has 5 nitrogen and oxygen atoms in total. The molecule has 3 rings (SSSR count). The van der Waals surface area contributed by atoms with Crippen molar-refractivity contribution in [3.8, 4) is 0 Å². The molecule has 3 heterocycles. The minimum Gasteiger partial charge on any atom is -0.314 e. The van der Waals surface area contributed by atoms with Crippen molar-refractivity contribution in [2.75, 3.05) is 19.6 Å². The standard InChI is InChI=1S/C15H21N5.ClH/c1-12-14(10-19(2)18-12)11-20-8-7-17-9-15(20)13-3-5-16-6-4-13;/h3-6,10,15,17H,7-9,11H2,1-2H3;1H. The van der Waals surface area contributed by atoms with Crippen molar-refractivity contribution in [2.45, 2.75) is 19.5 Å². The van der Waals surface area contributed by atoms with Gasteiger partial charge in [-0.1, -0.05) is 0 Å². The average Bonchev–Trinajstić information content (AvgIpc) is 2.78. The highest BCUT2D eigenvalue weighted by Crippen LogP contribution is 2.24. The van der Waals surface area contributed by atoms with Gasteiger partial charge in [0.05, 0.1) is 5.69 Å². The molecule has 0 aromatic carbocycles. The lowest BCUT2D eigenvalue weighted by Crippen LogP contribution is -2.45. The normalized spacial score (nSPS) is 19.2. The summed E-state index contributed by atoms with van der Waals surface area (Å²) in [7, 11) is 1.98. The van der Waals surface area contributed by atoms with Crippen LogP contribution in [-0.2, 0) is 13.6 Å². The van der Waals surface area contributed by atoms with Gasteiger partial charge in [-0.25, -0.2) is 0 Å². The van der Waals surface area contributed by atoms with E-state index in [-0.39, 0.29) is 12.4 Å². The summed E-state index contributed by atoms with van der Waals surface area (Å²) in [5.41, 5.74) is 3.77. The summed E-state index contributed by atoms with van der Waals surface area (Å²) in [5, 5.41) is 7.92. The minimum absolute atomic E-state index is 0. The van der Waals surface area contributed by atoms with Gasteiger partial charge in [-0.2, -0.15) is 5.10 Å². The van der Waals surface area contributed by atoms with Crippen LogP contribution in [0.4, 0.5) is 0 Å². The van der Waals surface area contributed by atoms with Crippen LogP contribution in [0.2, 0.25) is 0 Å². The second kappa shape index (κ2) is 7.02. The Hall–Kier alpha value is -1.43. The van der Waals surface area contributed by atoms with Crippen molar-refractivity contribution in [1.82, 2.24) is 25.0 Å². The van der Waals surface area contributed by atoms with Gasteiger partial charge in [0.15, 0.2) is 0 Å². The molecule has 21 heavy (non-hydrogen) atoms. The lowest BCUT2D eigenvalue weighted by molar-refractivity contribution is 0.153. The zero-order chi connectivity index (χ0) is 13.9. The number of aromatic nitrogens is 3. The Morgan fingerprint density at radius 2 is 2.10 bits per heavy atom. The van der Waals surface area contributed by atoms with Gasteiger partial charge in [0, 0.05) is 63.4 Å². The Balaban J connectivity index is 0.00000161. The van der Waals surface area contributed by atoms with Crippen molar-refractivity contribution in [2.24, 2.45) is 7.05 Å². The molecule has 1 aliphatic heterocycles. The molecule has 0 amide bonds. The molecule has 2 aromatic rings. The van der Waals surface area contributed by atoms with E-state index in [1.54, 1.807) is 0 Å². The van der Waals surface area contributed by atoms with Gasteiger partial charge in [0.2, 0.25) is 0 Å². The van der Waals surface area contributed by atoms with E-state index in [9.17, 15) is 0 Å². The molecule has 6 heteroatoms. The first-order valence-corrected chi connectivity index (χ1v) is 7.08. The van der Waals surface area contributed by atoms with Crippen LogP contribution < -0.4 is 5.32 Å². The fourth-order valence-electron chi connectivity index (χ4n) is 2.87. The predicted molar refractivity (Wildman–Crippen MR) is 85.5 cm³/mol. The third kappa shape index (κ3) is 3.61. The van der Waals surface area contributed by atoms with E-state index in [2.05, 4.69) is 45.6 Å². The SMILES string of the molecule is Cc1nn(C)cc1CN1CCNCC1c1ccncc1.Cl. The molecular formula is C15H22ClN5. The molecule has 1 unspecified atom stereocenters. The summed E-state index contributed by atoms with van der Waals surface area (Å²) >= 11 is 0. The van der Waals surface area contributed by atoms with E-state index < -0.39 is 0 Å². The minimum atomic E-state index is 0. The number of hydrogen-bond donors (Lipinski definition) is 1. The molecule has 0 spiro atoms. The summed E-state index contributed by atoms with van der Waals surface area (Å²) in [6.07, 6.45) is 5.87. The summed E-state index contributed by atoms with van der Waals surface area (Å²) in [6, 6.07) is 4.63. The monoisotopic (exact) mass is 307 g/mol. The fourth-order valence-corrected chi connectivity index (χ4v) is 2.87. The first kappa shape index (κ1) is 15.9. The van der Waals surface area contributed by atoms with Crippen LogP contribution >= 0.6 is 12.4 Å². The molecule has 114 valence electrons. The maximum absolute atomic E-state index is 4.44. The number of piperazine rings is 1. The maximum atomic E-state index is 4.44. The van der Waals surface area contributed by atoms with E-state index in [1.165, 1.54) is 11.1 Å². The zero-order valence-corrected chi connectivity index (χ0v) is 13.3. The average molecular weight is 308 g/mol. The van der Waals surface area contributed by atoms with Crippen molar-refractivity contribution in [3.63, 3.8) is 0 Å². The zero-order valence-electron chi connectivity index (χ0n) is 12.5. The Morgan fingerprint density at radius 1 is 1.33 bits per heavy atom. The molecule has 1 atom stereocenters. The molecular weight excluding hydrogens is 286 g/mol. The molecule has 2 aromatic heterocycles.